The Labute approximate surface area is 145 Å². The van der Waals surface area contributed by atoms with Gasteiger partial charge in [0.1, 0.15) is 5.01 Å². The summed E-state index contributed by atoms with van der Waals surface area (Å²) in [6.45, 7) is 7.70. The third kappa shape index (κ3) is 4.16. The molecule has 9 heteroatoms. The van der Waals surface area contributed by atoms with Gasteiger partial charge in [0.05, 0.1) is 4.90 Å². The number of hydrogen-bond acceptors (Lipinski definition) is 6. The van der Waals surface area contributed by atoms with E-state index in [0.29, 0.717) is 10.7 Å². The van der Waals surface area contributed by atoms with Gasteiger partial charge in [-0.2, -0.15) is 0 Å². The van der Waals surface area contributed by atoms with Gasteiger partial charge in [-0.15, -0.1) is 10.2 Å². The van der Waals surface area contributed by atoms with Crippen LogP contribution in [0, 0.1) is 6.92 Å². The quantitative estimate of drug-likeness (QED) is 0.816. The number of aryl methyl sites for hydroxylation is 1. The van der Waals surface area contributed by atoms with Gasteiger partial charge in [0.25, 0.3) is 5.91 Å². The smallest absolute Gasteiger partial charge is 0.257 e. The van der Waals surface area contributed by atoms with Crippen molar-refractivity contribution in [3.05, 3.63) is 34.3 Å². The summed E-state index contributed by atoms with van der Waals surface area (Å²) in [7, 11) is -3.62. The van der Waals surface area contributed by atoms with Crippen molar-refractivity contribution in [1.82, 2.24) is 14.9 Å². The molecule has 0 aliphatic carbocycles. The molecule has 0 radical (unpaired) electrons. The highest BCUT2D eigenvalue weighted by molar-refractivity contribution is 7.89. The zero-order chi connectivity index (χ0) is 17.9. The zero-order valence-electron chi connectivity index (χ0n) is 14.0. The molecule has 0 bridgehead atoms. The number of rotatable bonds is 6. The highest BCUT2D eigenvalue weighted by atomic mass is 32.2. The molecule has 0 aliphatic heterocycles. The first-order valence-corrected chi connectivity index (χ1v) is 9.79. The molecular formula is C15H20N4O3S2. The molecule has 0 saturated heterocycles. The molecular weight excluding hydrogens is 348 g/mol. The molecule has 1 amide bonds. The number of carbonyl (C=O) groups excluding carboxylic acids is 1. The largest absolute Gasteiger partial charge is 0.296 e. The number of aromatic nitrogens is 2. The third-order valence-corrected chi connectivity index (χ3v) is 5.94. The topological polar surface area (TPSA) is 101 Å². The summed E-state index contributed by atoms with van der Waals surface area (Å²) in [5.74, 6) is -0.184. The number of benzene rings is 1. The van der Waals surface area contributed by atoms with Crippen LogP contribution in [0.3, 0.4) is 0 Å². The lowest BCUT2D eigenvalue weighted by Gasteiger charge is -2.09. The number of amides is 1. The number of anilines is 1. The average molecular weight is 368 g/mol. The van der Waals surface area contributed by atoms with Crippen LogP contribution in [0.4, 0.5) is 5.13 Å². The van der Waals surface area contributed by atoms with E-state index >= 15 is 0 Å². The van der Waals surface area contributed by atoms with Gasteiger partial charge in [-0.05, 0) is 24.6 Å². The lowest BCUT2D eigenvalue weighted by Crippen LogP contribution is -2.24. The molecule has 2 N–H and O–H groups in total. The van der Waals surface area contributed by atoms with Gasteiger partial charge >= 0.3 is 0 Å². The van der Waals surface area contributed by atoms with Gasteiger partial charge in [0.15, 0.2) is 0 Å². The second kappa shape index (κ2) is 7.37. The van der Waals surface area contributed by atoms with Crippen LogP contribution in [0.15, 0.2) is 23.1 Å². The van der Waals surface area contributed by atoms with Crippen LogP contribution >= 0.6 is 11.3 Å². The van der Waals surface area contributed by atoms with E-state index in [9.17, 15) is 13.2 Å². The molecule has 0 fully saturated rings. The monoisotopic (exact) mass is 368 g/mol. The van der Waals surface area contributed by atoms with Gasteiger partial charge < -0.3 is 0 Å². The van der Waals surface area contributed by atoms with Crippen molar-refractivity contribution in [3.63, 3.8) is 0 Å². The van der Waals surface area contributed by atoms with E-state index in [-0.39, 0.29) is 22.9 Å². The van der Waals surface area contributed by atoms with Crippen LogP contribution in [0.2, 0.25) is 0 Å². The Balaban J connectivity index is 2.28. The van der Waals surface area contributed by atoms with Crippen molar-refractivity contribution in [1.29, 1.82) is 0 Å². The second-order valence-electron chi connectivity index (χ2n) is 5.53. The summed E-state index contributed by atoms with van der Waals surface area (Å²) in [4.78, 5) is 12.5. The van der Waals surface area contributed by atoms with Crippen molar-refractivity contribution in [2.24, 2.45) is 0 Å². The first kappa shape index (κ1) is 18.5. The Morgan fingerprint density at radius 1 is 1.29 bits per heavy atom. The van der Waals surface area contributed by atoms with E-state index < -0.39 is 15.9 Å². The second-order valence-corrected chi connectivity index (χ2v) is 8.31. The maximum atomic E-state index is 12.5. The van der Waals surface area contributed by atoms with Crippen molar-refractivity contribution in [2.75, 3.05) is 11.9 Å². The average Bonchev–Trinajstić information content (AvgIpc) is 2.96. The molecule has 0 atom stereocenters. The van der Waals surface area contributed by atoms with Gasteiger partial charge in [0.2, 0.25) is 15.2 Å². The summed E-state index contributed by atoms with van der Waals surface area (Å²) in [6, 6.07) is 4.46. The molecule has 130 valence electrons. The van der Waals surface area contributed by atoms with Gasteiger partial charge in [-0.1, -0.05) is 38.2 Å². The normalized spacial score (nSPS) is 11.7. The minimum Gasteiger partial charge on any atom is -0.296 e. The minimum absolute atomic E-state index is 0.0558. The van der Waals surface area contributed by atoms with E-state index in [1.54, 1.807) is 19.9 Å². The molecule has 0 saturated carbocycles. The van der Waals surface area contributed by atoms with Crippen molar-refractivity contribution >= 4 is 32.4 Å². The lowest BCUT2D eigenvalue weighted by molar-refractivity contribution is 0.102. The maximum absolute atomic E-state index is 12.5. The molecule has 24 heavy (non-hydrogen) atoms. The lowest BCUT2D eigenvalue weighted by atomic mass is 10.1. The number of hydrogen-bond donors (Lipinski definition) is 2. The highest BCUT2D eigenvalue weighted by Gasteiger charge is 2.18. The van der Waals surface area contributed by atoms with Crippen molar-refractivity contribution in [3.8, 4) is 0 Å². The molecule has 1 heterocycles. The third-order valence-electron chi connectivity index (χ3n) is 3.25. The van der Waals surface area contributed by atoms with Gasteiger partial charge in [-0.3, -0.25) is 10.1 Å². The summed E-state index contributed by atoms with van der Waals surface area (Å²) in [5, 5.41) is 11.8. The fourth-order valence-electron chi connectivity index (χ4n) is 1.97. The summed E-state index contributed by atoms with van der Waals surface area (Å²) >= 11 is 1.30. The fraction of sp³-hybridized carbons (Fsp3) is 0.400. The molecule has 0 unspecified atom stereocenters. The Kier molecular flexibility index (Phi) is 5.68. The van der Waals surface area contributed by atoms with E-state index in [1.165, 1.54) is 23.5 Å². The van der Waals surface area contributed by atoms with Gasteiger partial charge in [0, 0.05) is 18.0 Å². The SMILES string of the molecule is CCNS(=O)(=O)c1ccc(C)c(C(=O)Nc2nnc(C(C)C)s2)c1. The van der Waals surface area contributed by atoms with Crippen LogP contribution in [0.5, 0.6) is 0 Å². The molecule has 0 aliphatic rings. The zero-order valence-corrected chi connectivity index (χ0v) is 15.6. The summed E-state index contributed by atoms with van der Waals surface area (Å²) in [5.41, 5.74) is 0.965. The number of nitrogens with one attached hydrogen (secondary N) is 2. The number of carbonyl (C=O) groups is 1. The Bertz CT molecular complexity index is 844. The van der Waals surface area contributed by atoms with Crippen LogP contribution in [-0.2, 0) is 10.0 Å². The molecule has 1 aromatic carbocycles. The van der Waals surface area contributed by atoms with Crippen LogP contribution in [0.1, 0.15) is 47.6 Å². The number of sulfonamides is 1. The van der Waals surface area contributed by atoms with Crippen LogP contribution in [-0.4, -0.2) is 31.1 Å². The molecule has 0 spiro atoms. The van der Waals surface area contributed by atoms with E-state index in [0.717, 1.165) is 5.01 Å². The first-order chi connectivity index (χ1) is 11.2. The van der Waals surface area contributed by atoms with Crippen molar-refractivity contribution in [2.45, 2.75) is 38.5 Å². The molecule has 2 rings (SSSR count). The van der Waals surface area contributed by atoms with Gasteiger partial charge in [-0.25, -0.2) is 13.1 Å². The Morgan fingerprint density at radius 2 is 2.00 bits per heavy atom. The molecule has 1 aromatic heterocycles. The molecule has 2 aromatic rings. The Hall–Kier alpha value is -1.84. The fourth-order valence-corrected chi connectivity index (χ4v) is 3.78. The summed E-state index contributed by atoms with van der Waals surface area (Å²) in [6.07, 6.45) is 0. The van der Waals surface area contributed by atoms with E-state index in [2.05, 4.69) is 20.2 Å². The first-order valence-electron chi connectivity index (χ1n) is 7.49. The summed E-state index contributed by atoms with van der Waals surface area (Å²) < 4.78 is 26.6. The minimum atomic E-state index is -3.62. The molecule has 7 nitrogen and oxygen atoms in total. The van der Waals surface area contributed by atoms with E-state index in [1.807, 2.05) is 13.8 Å². The maximum Gasteiger partial charge on any atom is 0.257 e. The van der Waals surface area contributed by atoms with Crippen molar-refractivity contribution < 1.29 is 13.2 Å². The number of nitrogens with zero attached hydrogens (tertiary/aromatic N) is 2. The standard InChI is InChI=1S/C15H20N4O3S2/c1-5-16-24(21,22)11-7-6-10(4)12(8-11)13(20)17-15-19-18-14(23-15)9(2)3/h6-9,16H,5H2,1-4H3,(H,17,19,20). The van der Waals surface area contributed by atoms with Crippen LogP contribution < -0.4 is 10.0 Å². The Morgan fingerprint density at radius 3 is 2.58 bits per heavy atom. The predicted molar refractivity (Wildman–Crippen MR) is 94.0 cm³/mol. The van der Waals surface area contributed by atoms with Crippen LogP contribution in [0.25, 0.3) is 0 Å². The highest BCUT2D eigenvalue weighted by Crippen LogP contribution is 2.23. The van der Waals surface area contributed by atoms with E-state index in [4.69, 9.17) is 0 Å². The predicted octanol–water partition coefficient (Wildman–Crippen LogP) is 2.52.